The Balaban J connectivity index is 2.97. The molecular weight excluding hydrogens is 253 g/mol. The summed E-state index contributed by atoms with van der Waals surface area (Å²) in [6, 6.07) is 1.84. The molecule has 100 valence electrons. The molecule has 1 unspecified atom stereocenters. The average molecular weight is 264 g/mol. The number of hydrogen-bond donors (Lipinski definition) is 3. The van der Waals surface area contributed by atoms with Crippen LogP contribution in [0.4, 0.5) is 13.2 Å². The summed E-state index contributed by atoms with van der Waals surface area (Å²) in [4.78, 5) is 10.7. The van der Waals surface area contributed by atoms with E-state index in [1.807, 2.05) is 0 Å². The zero-order valence-corrected chi connectivity index (χ0v) is 9.07. The molecule has 1 amide bonds. The summed E-state index contributed by atoms with van der Waals surface area (Å²) >= 11 is 0. The van der Waals surface area contributed by atoms with Gasteiger partial charge in [-0.2, -0.15) is 0 Å². The molecule has 8 heteroatoms. The van der Waals surface area contributed by atoms with Gasteiger partial charge in [0.15, 0.2) is 0 Å². The lowest BCUT2D eigenvalue weighted by Crippen LogP contribution is -2.21. The van der Waals surface area contributed by atoms with Crippen molar-refractivity contribution in [3.8, 4) is 11.5 Å². The van der Waals surface area contributed by atoms with E-state index in [1.54, 1.807) is 0 Å². The molecule has 0 saturated heterocycles. The lowest BCUT2D eigenvalue weighted by atomic mass is 10.0. The topological polar surface area (TPSA) is 98.6 Å². The monoisotopic (exact) mass is 264 g/mol. The number of carbonyl (C=O) groups is 1. The number of ether oxygens (including phenoxy) is 1. The summed E-state index contributed by atoms with van der Waals surface area (Å²) in [5.41, 5.74) is 10.4. The maximum Gasteiger partial charge on any atom is 0.573 e. The van der Waals surface area contributed by atoms with Gasteiger partial charge in [0.05, 0.1) is 0 Å². The van der Waals surface area contributed by atoms with Gasteiger partial charge in [-0.25, -0.2) is 0 Å². The second-order valence-electron chi connectivity index (χ2n) is 3.55. The number of phenols is 1. The minimum absolute atomic E-state index is 0.0458. The zero-order valence-electron chi connectivity index (χ0n) is 9.07. The molecule has 0 bridgehead atoms. The number of primary amides is 1. The van der Waals surface area contributed by atoms with Crippen LogP contribution in [0.25, 0.3) is 0 Å². The van der Waals surface area contributed by atoms with Crippen molar-refractivity contribution in [1.29, 1.82) is 0 Å². The van der Waals surface area contributed by atoms with Gasteiger partial charge in [-0.3, -0.25) is 4.79 Å². The van der Waals surface area contributed by atoms with Gasteiger partial charge in [0, 0.05) is 18.0 Å². The first-order valence-electron chi connectivity index (χ1n) is 4.81. The van der Waals surface area contributed by atoms with Crippen molar-refractivity contribution in [1.82, 2.24) is 0 Å². The predicted molar refractivity (Wildman–Crippen MR) is 55.5 cm³/mol. The highest BCUT2D eigenvalue weighted by atomic mass is 19.4. The van der Waals surface area contributed by atoms with Crippen LogP contribution >= 0.6 is 0 Å². The molecule has 0 fully saturated rings. The van der Waals surface area contributed by atoms with E-state index < -0.39 is 24.1 Å². The third-order valence-corrected chi connectivity index (χ3v) is 2.05. The van der Waals surface area contributed by atoms with E-state index in [-0.39, 0.29) is 17.7 Å². The number of phenolic OH excluding ortho intramolecular Hbond substituents is 1. The molecule has 0 radical (unpaired) electrons. The third kappa shape index (κ3) is 4.13. The van der Waals surface area contributed by atoms with E-state index in [4.69, 9.17) is 11.5 Å². The molecule has 0 aliphatic carbocycles. The van der Waals surface area contributed by atoms with Gasteiger partial charge >= 0.3 is 6.36 Å². The number of carbonyl (C=O) groups excluding carboxylic acids is 1. The van der Waals surface area contributed by atoms with Crippen LogP contribution in [-0.4, -0.2) is 17.4 Å². The molecule has 0 aromatic heterocycles. The Morgan fingerprint density at radius 2 is 2.06 bits per heavy atom. The summed E-state index contributed by atoms with van der Waals surface area (Å²) in [5, 5.41) is 9.45. The molecule has 1 rings (SSSR count). The van der Waals surface area contributed by atoms with Gasteiger partial charge in [0.25, 0.3) is 0 Å². The summed E-state index contributed by atoms with van der Waals surface area (Å²) in [6.45, 7) is 0. The van der Waals surface area contributed by atoms with Crippen molar-refractivity contribution in [3.63, 3.8) is 0 Å². The summed E-state index contributed by atoms with van der Waals surface area (Å²) in [6.07, 6.45) is -5.15. The van der Waals surface area contributed by atoms with Crippen LogP contribution in [0.5, 0.6) is 11.5 Å². The van der Waals surface area contributed by atoms with E-state index in [1.165, 1.54) is 0 Å². The molecule has 5 N–H and O–H groups in total. The zero-order chi connectivity index (χ0) is 13.9. The fourth-order valence-electron chi connectivity index (χ4n) is 1.35. The molecule has 1 atom stereocenters. The van der Waals surface area contributed by atoms with Crippen molar-refractivity contribution in [3.05, 3.63) is 23.8 Å². The Labute approximate surface area is 100 Å². The maximum absolute atomic E-state index is 12.0. The first kappa shape index (κ1) is 14.1. The van der Waals surface area contributed by atoms with Gasteiger partial charge < -0.3 is 21.3 Å². The molecule has 0 aliphatic heterocycles. The molecule has 5 nitrogen and oxygen atoms in total. The lowest BCUT2D eigenvalue weighted by molar-refractivity contribution is -0.274. The molecule has 0 spiro atoms. The van der Waals surface area contributed by atoms with Crippen molar-refractivity contribution in [2.75, 3.05) is 0 Å². The van der Waals surface area contributed by atoms with Gasteiger partial charge in [-0.15, -0.1) is 13.2 Å². The Kier molecular flexibility index (Phi) is 4.02. The van der Waals surface area contributed by atoms with Crippen LogP contribution in [0.2, 0.25) is 0 Å². The Bertz CT molecular complexity index is 448. The van der Waals surface area contributed by atoms with Crippen molar-refractivity contribution in [2.24, 2.45) is 11.5 Å². The molecular formula is C10H11F3N2O3. The second-order valence-corrected chi connectivity index (χ2v) is 3.55. The summed E-state index contributed by atoms with van der Waals surface area (Å²) < 4.78 is 39.7. The second kappa shape index (κ2) is 5.13. The van der Waals surface area contributed by atoms with Crippen LogP contribution in [-0.2, 0) is 4.79 Å². The van der Waals surface area contributed by atoms with E-state index in [9.17, 15) is 23.1 Å². The standard InChI is InChI=1S/C10H11F3N2O3/c11-10(12,13)18-5-1-2-8(16)6(3-5)7(14)4-9(15)17/h1-3,7,16H,4,14H2,(H2,15,17). The predicted octanol–water partition coefficient (Wildman–Crippen LogP) is 1.17. The van der Waals surface area contributed by atoms with Gasteiger partial charge in [-0.05, 0) is 18.2 Å². The molecule has 1 aromatic rings. The van der Waals surface area contributed by atoms with E-state index in [2.05, 4.69) is 4.74 Å². The smallest absolute Gasteiger partial charge is 0.508 e. The van der Waals surface area contributed by atoms with Gasteiger partial charge in [0.1, 0.15) is 11.5 Å². The first-order valence-corrected chi connectivity index (χ1v) is 4.81. The minimum Gasteiger partial charge on any atom is -0.508 e. The Morgan fingerprint density at radius 1 is 1.44 bits per heavy atom. The number of hydrogen-bond acceptors (Lipinski definition) is 4. The van der Waals surface area contributed by atoms with Gasteiger partial charge in [0.2, 0.25) is 5.91 Å². The van der Waals surface area contributed by atoms with Crippen LogP contribution in [0.15, 0.2) is 18.2 Å². The molecule has 0 aliphatic rings. The number of halogens is 3. The van der Waals surface area contributed by atoms with Gasteiger partial charge in [-0.1, -0.05) is 0 Å². The molecule has 18 heavy (non-hydrogen) atoms. The quantitative estimate of drug-likeness (QED) is 0.760. The Morgan fingerprint density at radius 3 is 2.56 bits per heavy atom. The van der Waals surface area contributed by atoms with Crippen molar-refractivity contribution < 1.29 is 27.8 Å². The number of benzene rings is 1. The Hall–Kier alpha value is -1.96. The first-order chi connectivity index (χ1) is 8.19. The highest BCUT2D eigenvalue weighted by Gasteiger charge is 2.31. The van der Waals surface area contributed by atoms with Crippen LogP contribution in [0.3, 0.4) is 0 Å². The molecule has 0 saturated carbocycles. The number of amides is 1. The highest BCUT2D eigenvalue weighted by molar-refractivity contribution is 5.74. The average Bonchev–Trinajstić information content (AvgIpc) is 2.17. The lowest BCUT2D eigenvalue weighted by Gasteiger charge is -2.14. The van der Waals surface area contributed by atoms with Crippen molar-refractivity contribution in [2.45, 2.75) is 18.8 Å². The van der Waals surface area contributed by atoms with Crippen LogP contribution in [0, 0.1) is 0 Å². The van der Waals surface area contributed by atoms with Crippen molar-refractivity contribution >= 4 is 5.91 Å². The number of rotatable bonds is 4. The summed E-state index contributed by atoms with van der Waals surface area (Å²) in [7, 11) is 0. The number of nitrogens with two attached hydrogens (primary N) is 2. The van der Waals surface area contributed by atoms with E-state index in [0.29, 0.717) is 0 Å². The minimum atomic E-state index is -4.85. The van der Waals surface area contributed by atoms with E-state index >= 15 is 0 Å². The SMILES string of the molecule is NC(=O)CC(N)c1cc(OC(F)(F)F)ccc1O. The fraction of sp³-hybridized carbons (Fsp3) is 0.300. The largest absolute Gasteiger partial charge is 0.573 e. The number of aromatic hydroxyl groups is 1. The highest BCUT2D eigenvalue weighted by Crippen LogP contribution is 2.31. The maximum atomic E-state index is 12.0. The number of alkyl halides is 3. The normalized spacial score (nSPS) is 13.1. The molecule has 1 aromatic carbocycles. The van der Waals surface area contributed by atoms with Crippen LogP contribution < -0.4 is 16.2 Å². The van der Waals surface area contributed by atoms with Crippen LogP contribution in [0.1, 0.15) is 18.0 Å². The van der Waals surface area contributed by atoms with E-state index in [0.717, 1.165) is 18.2 Å². The summed E-state index contributed by atoms with van der Waals surface area (Å²) in [5.74, 6) is -1.60. The third-order valence-electron chi connectivity index (χ3n) is 2.05. The molecule has 0 heterocycles. The fourth-order valence-corrected chi connectivity index (χ4v) is 1.35.